The largest absolute Gasteiger partial charge is 0.356 e. The lowest BCUT2D eigenvalue weighted by Gasteiger charge is -2.12. The summed E-state index contributed by atoms with van der Waals surface area (Å²) in [5.74, 6) is 1.09. The SMILES string of the molecule is CN=C(NCCC(=O)Nc1ccc(C)cn1)NCc1ccc(Cl)cc1.I. The van der Waals surface area contributed by atoms with Gasteiger partial charge < -0.3 is 16.0 Å². The quantitative estimate of drug-likeness (QED) is 0.332. The Balaban J connectivity index is 0.00000338. The Hall–Kier alpha value is -1.87. The lowest BCUT2D eigenvalue weighted by atomic mass is 10.2. The van der Waals surface area contributed by atoms with E-state index in [1.54, 1.807) is 19.3 Å². The molecule has 2 rings (SSSR count). The Morgan fingerprint density at radius 3 is 2.50 bits per heavy atom. The minimum absolute atomic E-state index is 0. The smallest absolute Gasteiger partial charge is 0.227 e. The summed E-state index contributed by atoms with van der Waals surface area (Å²) in [7, 11) is 1.69. The van der Waals surface area contributed by atoms with E-state index in [4.69, 9.17) is 11.6 Å². The highest BCUT2D eigenvalue weighted by atomic mass is 127. The van der Waals surface area contributed by atoms with Crippen LogP contribution in [0.1, 0.15) is 17.5 Å². The molecule has 140 valence electrons. The minimum Gasteiger partial charge on any atom is -0.356 e. The number of aryl methyl sites for hydroxylation is 1. The molecule has 0 unspecified atom stereocenters. The predicted octanol–water partition coefficient (Wildman–Crippen LogP) is 3.36. The van der Waals surface area contributed by atoms with Gasteiger partial charge >= 0.3 is 0 Å². The Morgan fingerprint density at radius 1 is 1.15 bits per heavy atom. The van der Waals surface area contributed by atoms with Crippen LogP contribution in [0.3, 0.4) is 0 Å². The molecule has 3 N–H and O–H groups in total. The maximum atomic E-state index is 11.9. The summed E-state index contributed by atoms with van der Waals surface area (Å²) >= 11 is 5.87. The third-order valence-electron chi connectivity index (χ3n) is 3.42. The fourth-order valence-corrected chi connectivity index (χ4v) is 2.18. The van der Waals surface area contributed by atoms with Crippen molar-refractivity contribution in [1.82, 2.24) is 15.6 Å². The van der Waals surface area contributed by atoms with Crippen LogP contribution in [0.25, 0.3) is 0 Å². The molecule has 8 heteroatoms. The number of aliphatic imine (C=N–C) groups is 1. The Bertz CT molecular complexity index is 719. The highest BCUT2D eigenvalue weighted by molar-refractivity contribution is 14.0. The number of guanidine groups is 1. The molecule has 1 heterocycles. The van der Waals surface area contributed by atoms with Crippen molar-refractivity contribution in [1.29, 1.82) is 0 Å². The maximum Gasteiger partial charge on any atom is 0.227 e. The molecule has 0 spiro atoms. The fourth-order valence-electron chi connectivity index (χ4n) is 2.05. The Kier molecular flexibility index (Phi) is 9.97. The van der Waals surface area contributed by atoms with Crippen LogP contribution < -0.4 is 16.0 Å². The van der Waals surface area contributed by atoms with Gasteiger partial charge in [0.2, 0.25) is 5.91 Å². The number of pyridine rings is 1. The minimum atomic E-state index is -0.1000. The number of hydrogen-bond donors (Lipinski definition) is 3. The van der Waals surface area contributed by atoms with Crippen molar-refractivity contribution in [3.63, 3.8) is 0 Å². The lowest BCUT2D eigenvalue weighted by molar-refractivity contribution is -0.116. The molecule has 0 saturated carbocycles. The Morgan fingerprint density at radius 2 is 1.88 bits per heavy atom. The zero-order chi connectivity index (χ0) is 18.1. The number of amides is 1. The van der Waals surface area contributed by atoms with Crippen LogP contribution in [0.15, 0.2) is 47.6 Å². The summed E-state index contributed by atoms with van der Waals surface area (Å²) in [5.41, 5.74) is 2.14. The molecule has 0 aliphatic heterocycles. The third kappa shape index (κ3) is 8.01. The van der Waals surface area contributed by atoms with E-state index in [0.29, 0.717) is 36.3 Å². The molecule has 0 bridgehead atoms. The number of carbonyl (C=O) groups excluding carboxylic acids is 1. The number of benzene rings is 1. The van der Waals surface area contributed by atoms with E-state index < -0.39 is 0 Å². The fraction of sp³-hybridized carbons (Fsp3) is 0.278. The van der Waals surface area contributed by atoms with Crippen molar-refractivity contribution in [2.45, 2.75) is 19.9 Å². The van der Waals surface area contributed by atoms with Crippen molar-refractivity contribution in [2.24, 2.45) is 4.99 Å². The molecule has 0 saturated heterocycles. The number of anilines is 1. The van der Waals surface area contributed by atoms with Gasteiger partial charge in [0.15, 0.2) is 5.96 Å². The molecule has 0 aliphatic rings. The van der Waals surface area contributed by atoms with Gasteiger partial charge in [-0.05, 0) is 36.2 Å². The van der Waals surface area contributed by atoms with Gasteiger partial charge in [0.25, 0.3) is 0 Å². The van der Waals surface area contributed by atoms with Crippen LogP contribution in [-0.2, 0) is 11.3 Å². The van der Waals surface area contributed by atoms with Gasteiger partial charge in [-0.25, -0.2) is 4.98 Å². The average molecular weight is 488 g/mol. The number of nitrogens with one attached hydrogen (secondary N) is 3. The summed E-state index contributed by atoms with van der Waals surface area (Å²) in [4.78, 5) is 20.2. The van der Waals surface area contributed by atoms with E-state index in [9.17, 15) is 4.79 Å². The normalized spacial score (nSPS) is 10.7. The van der Waals surface area contributed by atoms with E-state index >= 15 is 0 Å². The van der Waals surface area contributed by atoms with Gasteiger partial charge in [-0.3, -0.25) is 9.79 Å². The highest BCUT2D eigenvalue weighted by Crippen LogP contribution is 2.09. The van der Waals surface area contributed by atoms with Crippen LogP contribution in [0.5, 0.6) is 0 Å². The average Bonchev–Trinajstić information content (AvgIpc) is 2.61. The zero-order valence-corrected chi connectivity index (χ0v) is 17.8. The van der Waals surface area contributed by atoms with Crippen LogP contribution >= 0.6 is 35.6 Å². The topological polar surface area (TPSA) is 78.4 Å². The molecule has 6 nitrogen and oxygen atoms in total. The first kappa shape index (κ1) is 22.2. The number of carbonyl (C=O) groups is 1. The number of rotatable bonds is 6. The highest BCUT2D eigenvalue weighted by Gasteiger charge is 2.04. The number of hydrogen-bond acceptors (Lipinski definition) is 3. The predicted molar refractivity (Wildman–Crippen MR) is 117 cm³/mol. The molecular formula is C18H23ClIN5O. The molecule has 0 aliphatic carbocycles. The van der Waals surface area contributed by atoms with E-state index in [1.807, 2.05) is 37.3 Å². The Labute approximate surface area is 175 Å². The van der Waals surface area contributed by atoms with E-state index in [0.717, 1.165) is 11.1 Å². The zero-order valence-electron chi connectivity index (χ0n) is 14.8. The first-order chi connectivity index (χ1) is 12.1. The molecule has 0 radical (unpaired) electrons. The van der Waals surface area contributed by atoms with Crippen LogP contribution in [0, 0.1) is 6.92 Å². The lowest BCUT2D eigenvalue weighted by Crippen LogP contribution is -2.38. The van der Waals surface area contributed by atoms with Gasteiger partial charge in [0.05, 0.1) is 0 Å². The van der Waals surface area contributed by atoms with Gasteiger partial charge in [0, 0.05) is 37.8 Å². The van der Waals surface area contributed by atoms with E-state index in [1.165, 1.54) is 0 Å². The van der Waals surface area contributed by atoms with Crippen molar-refractivity contribution in [2.75, 3.05) is 18.9 Å². The summed E-state index contributed by atoms with van der Waals surface area (Å²) in [6.45, 7) is 3.04. The number of halogens is 2. The first-order valence-corrected chi connectivity index (χ1v) is 8.36. The second-order valence-corrected chi connectivity index (χ2v) is 5.93. The van der Waals surface area contributed by atoms with Crippen molar-refractivity contribution >= 4 is 53.3 Å². The third-order valence-corrected chi connectivity index (χ3v) is 3.67. The van der Waals surface area contributed by atoms with Gasteiger partial charge in [-0.1, -0.05) is 29.8 Å². The van der Waals surface area contributed by atoms with Crippen LogP contribution in [-0.4, -0.2) is 30.4 Å². The van der Waals surface area contributed by atoms with Gasteiger partial charge in [-0.2, -0.15) is 0 Å². The van der Waals surface area contributed by atoms with Crippen molar-refractivity contribution in [3.05, 3.63) is 58.7 Å². The number of aromatic nitrogens is 1. The summed E-state index contributed by atoms with van der Waals surface area (Å²) < 4.78 is 0. The second kappa shape index (κ2) is 11.7. The molecule has 1 aromatic heterocycles. The van der Waals surface area contributed by atoms with Crippen molar-refractivity contribution < 1.29 is 4.79 Å². The summed E-state index contributed by atoms with van der Waals surface area (Å²) in [6.07, 6.45) is 2.04. The van der Waals surface area contributed by atoms with Gasteiger partial charge in [0.1, 0.15) is 5.82 Å². The van der Waals surface area contributed by atoms with Crippen molar-refractivity contribution in [3.8, 4) is 0 Å². The maximum absolute atomic E-state index is 11.9. The standard InChI is InChI=1S/C18H22ClN5O.HI/c1-13-3-8-16(22-11-13)24-17(25)9-10-21-18(20-2)23-12-14-4-6-15(19)7-5-14;/h3-8,11H,9-10,12H2,1-2H3,(H2,20,21,23)(H,22,24,25);1H. The molecule has 1 aromatic carbocycles. The second-order valence-electron chi connectivity index (χ2n) is 5.50. The molecule has 0 fully saturated rings. The first-order valence-electron chi connectivity index (χ1n) is 7.98. The molecule has 0 atom stereocenters. The van der Waals surface area contributed by atoms with E-state index in [-0.39, 0.29) is 29.9 Å². The number of nitrogens with zero attached hydrogens (tertiary/aromatic N) is 2. The van der Waals surface area contributed by atoms with Crippen LogP contribution in [0.4, 0.5) is 5.82 Å². The molecular weight excluding hydrogens is 465 g/mol. The monoisotopic (exact) mass is 487 g/mol. The summed E-state index contributed by atoms with van der Waals surface area (Å²) in [5, 5.41) is 9.76. The summed E-state index contributed by atoms with van der Waals surface area (Å²) in [6, 6.07) is 11.3. The molecule has 1 amide bonds. The molecule has 2 aromatic rings. The van der Waals surface area contributed by atoms with E-state index in [2.05, 4.69) is 25.9 Å². The van der Waals surface area contributed by atoms with Crippen LogP contribution in [0.2, 0.25) is 5.02 Å². The molecule has 26 heavy (non-hydrogen) atoms. The van der Waals surface area contributed by atoms with Gasteiger partial charge in [-0.15, -0.1) is 24.0 Å².